The van der Waals surface area contributed by atoms with Crippen LogP contribution in [0.15, 0.2) is 0 Å². The Kier molecular flexibility index (Phi) is 7.72. The van der Waals surface area contributed by atoms with Gasteiger partial charge in [-0.1, -0.05) is 20.8 Å². The standard InChI is InChI=1S/C16H31N3O2/c1-4-15(20)18-14-5-7-19(8-6-14)16(21)10-13(11-17)9-12(2)3/h12-14H,4-11,17H2,1-3H3,(H,18,20)/t13-/m0/s1. The molecule has 0 aromatic carbocycles. The summed E-state index contributed by atoms with van der Waals surface area (Å²) in [5.74, 6) is 1.17. The molecule has 1 heterocycles. The second-order valence-electron chi connectivity index (χ2n) is 6.51. The molecule has 0 unspecified atom stereocenters. The Balaban J connectivity index is 2.35. The largest absolute Gasteiger partial charge is 0.353 e. The summed E-state index contributed by atoms with van der Waals surface area (Å²) >= 11 is 0. The van der Waals surface area contributed by atoms with Gasteiger partial charge in [-0.05, 0) is 37.6 Å². The van der Waals surface area contributed by atoms with E-state index in [0.717, 1.165) is 32.4 Å². The molecule has 2 amide bonds. The number of carbonyl (C=O) groups is 2. The van der Waals surface area contributed by atoms with Crippen LogP contribution in [-0.4, -0.2) is 42.4 Å². The third-order valence-electron chi connectivity index (χ3n) is 4.14. The first-order valence-corrected chi connectivity index (χ1v) is 8.23. The molecule has 0 aromatic heterocycles. The number of amides is 2. The summed E-state index contributed by atoms with van der Waals surface area (Å²) in [6.07, 6.45) is 3.79. The molecule has 0 bridgehead atoms. The molecule has 1 fully saturated rings. The highest BCUT2D eigenvalue weighted by Crippen LogP contribution is 2.18. The van der Waals surface area contributed by atoms with Crippen molar-refractivity contribution in [2.24, 2.45) is 17.6 Å². The second kappa shape index (κ2) is 9.03. The van der Waals surface area contributed by atoms with Gasteiger partial charge in [-0.3, -0.25) is 9.59 Å². The lowest BCUT2D eigenvalue weighted by Gasteiger charge is -2.33. The van der Waals surface area contributed by atoms with Gasteiger partial charge in [0.25, 0.3) is 0 Å². The summed E-state index contributed by atoms with van der Waals surface area (Å²) in [7, 11) is 0. The fourth-order valence-electron chi connectivity index (χ4n) is 2.91. The van der Waals surface area contributed by atoms with Crippen molar-refractivity contribution in [2.45, 2.75) is 58.9 Å². The van der Waals surface area contributed by atoms with Crippen molar-refractivity contribution >= 4 is 11.8 Å². The van der Waals surface area contributed by atoms with Gasteiger partial charge in [-0.25, -0.2) is 0 Å². The van der Waals surface area contributed by atoms with E-state index >= 15 is 0 Å². The molecule has 1 saturated heterocycles. The molecule has 5 nitrogen and oxygen atoms in total. The predicted molar refractivity (Wildman–Crippen MR) is 84.7 cm³/mol. The maximum absolute atomic E-state index is 12.3. The summed E-state index contributed by atoms with van der Waals surface area (Å²) in [6.45, 7) is 8.24. The van der Waals surface area contributed by atoms with Crippen molar-refractivity contribution in [3.05, 3.63) is 0 Å². The lowest BCUT2D eigenvalue weighted by atomic mass is 9.93. The highest BCUT2D eigenvalue weighted by Gasteiger charge is 2.25. The van der Waals surface area contributed by atoms with Gasteiger partial charge in [0.15, 0.2) is 0 Å². The van der Waals surface area contributed by atoms with Gasteiger partial charge in [0.2, 0.25) is 11.8 Å². The highest BCUT2D eigenvalue weighted by molar-refractivity contribution is 5.77. The van der Waals surface area contributed by atoms with Gasteiger partial charge >= 0.3 is 0 Å². The molecule has 1 aliphatic heterocycles. The topological polar surface area (TPSA) is 75.4 Å². The lowest BCUT2D eigenvalue weighted by Crippen LogP contribution is -2.47. The Morgan fingerprint density at radius 1 is 1.29 bits per heavy atom. The third-order valence-corrected chi connectivity index (χ3v) is 4.14. The quantitative estimate of drug-likeness (QED) is 0.748. The van der Waals surface area contributed by atoms with Crippen molar-refractivity contribution in [1.29, 1.82) is 0 Å². The predicted octanol–water partition coefficient (Wildman–Crippen LogP) is 1.51. The van der Waals surface area contributed by atoms with Crippen molar-refractivity contribution in [3.63, 3.8) is 0 Å². The fraction of sp³-hybridized carbons (Fsp3) is 0.875. The molecule has 1 rings (SSSR count). The van der Waals surface area contributed by atoms with E-state index in [0.29, 0.717) is 25.3 Å². The number of hydrogen-bond donors (Lipinski definition) is 2. The Morgan fingerprint density at radius 3 is 2.38 bits per heavy atom. The minimum absolute atomic E-state index is 0.0971. The summed E-state index contributed by atoms with van der Waals surface area (Å²) in [4.78, 5) is 25.6. The first-order valence-electron chi connectivity index (χ1n) is 8.23. The van der Waals surface area contributed by atoms with Crippen molar-refractivity contribution < 1.29 is 9.59 Å². The molecule has 3 N–H and O–H groups in total. The van der Waals surface area contributed by atoms with E-state index in [-0.39, 0.29) is 23.8 Å². The van der Waals surface area contributed by atoms with Gasteiger partial charge in [-0.15, -0.1) is 0 Å². The SMILES string of the molecule is CCC(=O)NC1CCN(C(=O)C[C@@H](CN)CC(C)C)CC1. The Bertz CT molecular complexity index is 336. The zero-order valence-electron chi connectivity index (χ0n) is 13.7. The number of nitrogens with one attached hydrogen (secondary N) is 1. The number of hydrogen-bond acceptors (Lipinski definition) is 3. The van der Waals surface area contributed by atoms with E-state index in [2.05, 4.69) is 19.2 Å². The van der Waals surface area contributed by atoms with Gasteiger partial charge in [0, 0.05) is 32.0 Å². The number of nitrogens with zero attached hydrogens (tertiary/aromatic N) is 1. The maximum Gasteiger partial charge on any atom is 0.222 e. The van der Waals surface area contributed by atoms with E-state index in [9.17, 15) is 9.59 Å². The van der Waals surface area contributed by atoms with Crippen LogP contribution >= 0.6 is 0 Å². The van der Waals surface area contributed by atoms with Crippen LogP contribution in [0.2, 0.25) is 0 Å². The number of rotatable bonds is 7. The minimum atomic E-state index is 0.0971. The van der Waals surface area contributed by atoms with Crippen LogP contribution in [-0.2, 0) is 9.59 Å². The summed E-state index contributed by atoms with van der Waals surface area (Å²) in [5, 5.41) is 3.01. The molecule has 1 aliphatic rings. The molecule has 1 atom stereocenters. The van der Waals surface area contributed by atoms with Crippen molar-refractivity contribution in [1.82, 2.24) is 10.2 Å². The number of carbonyl (C=O) groups excluding carboxylic acids is 2. The first kappa shape index (κ1) is 18.0. The van der Waals surface area contributed by atoms with Crippen molar-refractivity contribution in [2.75, 3.05) is 19.6 Å². The average Bonchev–Trinajstić information content (AvgIpc) is 2.46. The maximum atomic E-state index is 12.3. The van der Waals surface area contributed by atoms with Crippen LogP contribution in [0, 0.1) is 11.8 Å². The number of piperidine rings is 1. The van der Waals surface area contributed by atoms with E-state index in [1.807, 2.05) is 11.8 Å². The molecule has 0 spiro atoms. The molecular weight excluding hydrogens is 266 g/mol. The van der Waals surface area contributed by atoms with Gasteiger partial charge in [0.05, 0.1) is 0 Å². The molecule has 122 valence electrons. The zero-order chi connectivity index (χ0) is 15.8. The Morgan fingerprint density at radius 2 is 1.90 bits per heavy atom. The van der Waals surface area contributed by atoms with Crippen LogP contribution in [0.3, 0.4) is 0 Å². The summed E-state index contributed by atoms with van der Waals surface area (Å²) in [6, 6.07) is 0.225. The normalized spacial score (nSPS) is 17.9. The molecular formula is C16H31N3O2. The Hall–Kier alpha value is -1.10. The summed E-state index contributed by atoms with van der Waals surface area (Å²) in [5.41, 5.74) is 5.77. The van der Waals surface area contributed by atoms with Crippen LogP contribution in [0.1, 0.15) is 52.9 Å². The fourth-order valence-corrected chi connectivity index (χ4v) is 2.91. The number of nitrogens with two attached hydrogens (primary N) is 1. The molecule has 21 heavy (non-hydrogen) atoms. The van der Waals surface area contributed by atoms with E-state index in [4.69, 9.17) is 5.73 Å². The zero-order valence-corrected chi connectivity index (χ0v) is 13.7. The van der Waals surface area contributed by atoms with E-state index in [1.54, 1.807) is 0 Å². The van der Waals surface area contributed by atoms with Crippen LogP contribution in [0.5, 0.6) is 0 Å². The van der Waals surface area contributed by atoms with Gasteiger partial charge < -0.3 is 16.0 Å². The molecule has 0 aromatic rings. The molecule has 5 heteroatoms. The van der Waals surface area contributed by atoms with E-state index < -0.39 is 0 Å². The lowest BCUT2D eigenvalue weighted by molar-refractivity contribution is -0.133. The molecule has 0 radical (unpaired) electrons. The van der Waals surface area contributed by atoms with Gasteiger partial charge in [0.1, 0.15) is 0 Å². The van der Waals surface area contributed by atoms with Crippen LogP contribution < -0.4 is 11.1 Å². The average molecular weight is 297 g/mol. The highest BCUT2D eigenvalue weighted by atomic mass is 16.2. The number of likely N-dealkylation sites (tertiary alicyclic amines) is 1. The molecule has 0 aliphatic carbocycles. The first-order chi connectivity index (χ1) is 9.96. The minimum Gasteiger partial charge on any atom is -0.353 e. The van der Waals surface area contributed by atoms with Crippen LogP contribution in [0.25, 0.3) is 0 Å². The van der Waals surface area contributed by atoms with Gasteiger partial charge in [-0.2, -0.15) is 0 Å². The summed E-state index contributed by atoms with van der Waals surface area (Å²) < 4.78 is 0. The van der Waals surface area contributed by atoms with E-state index in [1.165, 1.54) is 0 Å². The Labute approximate surface area is 128 Å². The van der Waals surface area contributed by atoms with Crippen LogP contribution in [0.4, 0.5) is 0 Å². The molecule has 0 saturated carbocycles. The third kappa shape index (κ3) is 6.46. The smallest absolute Gasteiger partial charge is 0.222 e. The monoisotopic (exact) mass is 297 g/mol. The second-order valence-corrected chi connectivity index (χ2v) is 6.51. The van der Waals surface area contributed by atoms with Crippen molar-refractivity contribution in [3.8, 4) is 0 Å².